The van der Waals surface area contributed by atoms with E-state index in [0.717, 1.165) is 29.7 Å². The number of hydrogen-bond donors (Lipinski definition) is 0. The van der Waals surface area contributed by atoms with Crippen LogP contribution in [0, 0.1) is 6.92 Å². The lowest BCUT2D eigenvalue weighted by Gasteiger charge is -2.22. The maximum absolute atomic E-state index is 13.1. The molecule has 1 aromatic carbocycles. The van der Waals surface area contributed by atoms with Crippen LogP contribution >= 0.6 is 11.3 Å². The summed E-state index contributed by atoms with van der Waals surface area (Å²) in [7, 11) is 1.78. The van der Waals surface area contributed by atoms with Gasteiger partial charge in [0, 0.05) is 19.9 Å². The van der Waals surface area contributed by atoms with Gasteiger partial charge in [0.2, 0.25) is 0 Å². The van der Waals surface area contributed by atoms with Crippen molar-refractivity contribution in [2.45, 2.75) is 25.9 Å². The van der Waals surface area contributed by atoms with Crippen LogP contribution in [0.2, 0.25) is 0 Å². The molecule has 1 aliphatic rings. The molecule has 0 aliphatic carbocycles. The van der Waals surface area contributed by atoms with Crippen molar-refractivity contribution < 1.29 is 9.53 Å². The normalized spacial score (nSPS) is 17.3. The predicted octanol–water partition coefficient (Wildman–Crippen LogP) is 3.16. The molecule has 3 aromatic rings. The zero-order chi connectivity index (χ0) is 17.4. The summed E-state index contributed by atoms with van der Waals surface area (Å²) in [5, 5.41) is 4.83. The molecular formula is C18H20N4O2S. The molecule has 1 amide bonds. The van der Waals surface area contributed by atoms with E-state index in [1.54, 1.807) is 40.2 Å². The Labute approximate surface area is 150 Å². The zero-order valence-electron chi connectivity index (χ0n) is 14.3. The topological polar surface area (TPSA) is 60.3 Å². The second kappa shape index (κ2) is 6.57. The first-order chi connectivity index (χ1) is 12.1. The summed E-state index contributed by atoms with van der Waals surface area (Å²) in [5.41, 5.74) is 2.65. The molecule has 7 heteroatoms. The van der Waals surface area contributed by atoms with Crippen molar-refractivity contribution in [3.63, 3.8) is 0 Å². The van der Waals surface area contributed by atoms with E-state index in [1.165, 1.54) is 5.56 Å². The highest BCUT2D eigenvalue weighted by molar-refractivity contribution is 7.22. The largest absolute Gasteiger partial charge is 0.376 e. The average Bonchev–Trinajstić information content (AvgIpc) is 3.31. The van der Waals surface area contributed by atoms with Crippen LogP contribution in [0.25, 0.3) is 10.2 Å². The number of anilines is 1. The average molecular weight is 356 g/mol. The van der Waals surface area contributed by atoms with E-state index in [9.17, 15) is 4.79 Å². The number of carbonyl (C=O) groups is 1. The molecule has 1 aliphatic heterocycles. The van der Waals surface area contributed by atoms with Crippen LogP contribution in [-0.2, 0) is 11.8 Å². The molecular weight excluding hydrogens is 336 g/mol. The van der Waals surface area contributed by atoms with Gasteiger partial charge in [-0.25, -0.2) is 4.98 Å². The Morgan fingerprint density at radius 3 is 3.04 bits per heavy atom. The summed E-state index contributed by atoms with van der Waals surface area (Å²) in [6, 6.07) is 7.89. The van der Waals surface area contributed by atoms with Crippen molar-refractivity contribution in [2.24, 2.45) is 7.05 Å². The number of rotatable bonds is 4. The maximum Gasteiger partial charge on any atom is 0.278 e. The second-order valence-electron chi connectivity index (χ2n) is 6.36. The number of thiazole rings is 1. The molecule has 130 valence electrons. The molecule has 0 spiro atoms. The number of amides is 1. The monoisotopic (exact) mass is 356 g/mol. The lowest BCUT2D eigenvalue weighted by molar-refractivity contribution is 0.0910. The van der Waals surface area contributed by atoms with E-state index in [-0.39, 0.29) is 12.0 Å². The van der Waals surface area contributed by atoms with Crippen LogP contribution in [0.15, 0.2) is 30.5 Å². The van der Waals surface area contributed by atoms with E-state index in [1.807, 2.05) is 12.1 Å². The van der Waals surface area contributed by atoms with Crippen LogP contribution in [0.5, 0.6) is 0 Å². The van der Waals surface area contributed by atoms with Gasteiger partial charge in [-0.3, -0.25) is 14.4 Å². The molecule has 1 fully saturated rings. The smallest absolute Gasteiger partial charge is 0.278 e. The van der Waals surface area contributed by atoms with E-state index < -0.39 is 0 Å². The highest BCUT2D eigenvalue weighted by Crippen LogP contribution is 2.31. The number of fused-ring (bicyclic) bond motifs is 1. The first-order valence-corrected chi connectivity index (χ1v) is 9.22. The summed E-state index contributed by atoms with van der Waals surface area (Å²) in [6.45, 7) is 3.34. The molecule has 1 unspecified atom stereocenters. The Morgan fingerprint density at radius 1 is 1.44 bits per heavy atom. The highest BCUT2D eigenvalue weighted by atomic mass is 32.1. The standard InChI is InChI=1S/C18H20N4O2S/c1-12-5-6-14-16(10-12)25-18(20-14)22(11-13-4-3-9-24-13)17(23)15-7-8-19-21(15)2/h5-8,10,13H,3-4,9,11H2,1-2H3. The third kappa shape index (κ3) is 3.17. The summed E-state index contributed by atoms with van der Waals surface area (Å²) >= 11 is 1.54. The fraction of sp³-hybridized carbons (Fsp3) is 0.389. The van der Waals surface area contributed by atoms with Crippen molar-refractivity contribution in [3.05, 3.63) is 41.7 Å². The van der Waals surface area contributed by atoms with Crippen molar-refractivity contribution in [3.8, 4) is 0 Å². The Morgan fingerprint density at radius 2 is 2.32 bits per heavy atom. The number of carbonyl (C=O) groups excluding carboxylic acids is 1. The first kappa shape index (κ1) is 16.2. The molecule has 0 bridgehead atoms. The van der Waals surface area contributed by atoms with Gasteiger partial charge in [0.15, 0.2) is 5.13 Å². The molecule has 1 saturated heterocycles. The van der Waals surface area contributed by atoms with Crippen molar-refractivity contribution in [1.82, 2.24) is 14.8 Å². The zero-order valence-corrected chi connectivity index (χ0v) is 15.1. The van der Waals surface area contributed by atoms with Gasteiger partial charge in [0.1, 0.15) is 5.69 Å². The van der Waals surface area contributed by atoms with E-state index in [0.29, 0.717) is 17.4 Å². The molecule has 3 heterocycles. The Hall–Kier alpha value is -2.25. The molecule has 0 saturated carbocycles. The van der Waals surface area contributed by atoms with Crippen molar-refractivity contribution in [2.75, 3.05) is 18.1 Å². The minimum atomic E-state index is -0.0914. The van der Waals surface area contributed by atoms with Crippen molar-refractivity contribution >= 4 is 32.6 Å². The minimum Gasteiger partial charge on any atom is -0.376 e. The number of benzene rings is 1. The van der Waals surface area contributed by atoms with Crippen LogP contribution in [0.1, 0.15) is 28.9 Å². The van der Waals surface area contributed by atoms with Crippen LogP contribution in [0.4, 0.5) is 5.13 Å². The number of aromatic nitrogens is 3. The van der Waals surface area contributed by atoms with Gasteiger partial charge in [0.05, 0.1) is 22.9 Å². The summed E-state index contributed by atoms with van der Waals surface area (Å²) < 4.78 is 8.44. The molecule has 6 nitrogen and oxygen atoms in total. The lowest BCUT2D eigenvalue weighted by atomic mass is 10.2. The maximum atomic E-state index is 13.1. The lowest BCUT2D eigenvalue weighted by Crippen LogP contribution is -2.38. The fourth-order valence-electron chi connectivity index (χ4n) is 3.10. The van der Waals surface area contributed by atoms with Crippen LogP contribution in [-0.4, -0.2) is 39.9 Å². The highest BCUT2D eigenvalue weighted by Gasteiger charge is 2.28. The minimum absolute atomic E-state index is 0.0610. The number of aryl methyl sites for hydroxylation is 2. The number of nitrogens with zero attached hydrogens (tertiary/aromatic N) is 4. The van der Waals surface area contributed by atoms with Crippen LogP contribution in [0.3, 0.4) is 0 Å². The third-order valence-corrected chi connectivity index (χ3v) is 5.50. The quantitative estimate of drug-likeness (QED) is 0.720. The van der Waals surface area contributed by atoms with Gasteiger partial charge < -0.3 is 4.74 Å². The molecule has 25 heavy (non-hydrogen) atoms. The van der Waals surface area contributed by atoms with Gasteiger partial charge in [0.25, 0.3) is 5.91 Å². The molecule has 0 N–H and O–H groups in total. The van der Waals surface area contributed by atoms with Gasteiger partial charge in [-0.2, -0.15) is 5.10 Å². The third-order valence-electron chi connectivity index (χ3n) is 4.46. The molecule has 4 rings (SSSR count). The Kier molecular flexibility index (Phi) is 4.27. The molecule has 1 atom stereocenters. The molecule has 0 radical (unpaired) electrons. The summed E-state index contributed by atoms with van der Waals surface area (Å²) in [6.07, 6.45) is 3.71. The van der Waals surface area contributed by atoms with Crippen LogP contribution < -0.4 is 4.90 Å². The van der Waals surface area contributed by atoms with E-state index in [4.69, 9.17) is 9.72 Å². The number of ether oxygens (including phenoxy) is 1. The SMILES string of the molecule is Cc1ccc2nc(N(CC3CCCO3)C(=O)c3ccnn3C)sc2c1. The van der Waals surface area contributed by atoms with Gasteiger partial charge >= 0.3 is 0 Å². The van der Waals surface area contributed by atoms with E-state index in [2.05, 4.69) is 18.1 Å². The van der Waals surface area contributed by atoms with E-state index >= 15 is 0 Å². The Balaban J connectivity index is 1.72. The predicted molar refractivity (Wildman–Crippen MR) is 98.2 cm³/mol. The summed E-state index contributed by atoms with van der Waals surface area (Å²) in [5.74, 6) is -0.0914. The number of hydrogen-bond acceptors (Lipinski definition) is 5. The van der Waals surface area contributed by atoms with Crippen molar-refractivity contribution in [1.29, 1.82) is 0 Å². The van der Waals surface area contributed by atoms with Gasteiger partial charge in [-0.15, -0.1) is 0 Å². The fourth-order valence-corrected chi connectivity index (χ4v) is 4.17. The van der Waals surface area contributed by atoms with Gasteiger partial charge in [-0.1, -0.05) is 17.4 Å². The summed E-state index contributed by atoms with van der Waals surface area (Å²) in [4.78, 5) is 19.6. The first-order valence-electron chi connectivity index (χ1n) is 8.40. The Bertz CT molecular complexity index is 911. The second-order valence-corrected chi connectivity index (χ2v) is 7.37. The molecule has 2 aromatic heterocycles. The van der Waals surface area contributed by atoms with Gasteiger partial charge in [-0.05, 0) is 43.5 Å².